The molecule has 0 aliphatic heterocycles. The molecule has 0 fully saturated rings. The molecular weight excluding hydrogens is 114 g/mol. The second kappa shape index (κ2) is 4.10. The fraction of sp³-hybridized carbons (Fsp3) is 1.00. The van der Waals surface area contributed by atoms with Gasteiger partial charge < -0.3 is 4.90 Å². The minimum atomic E-state index is 0.785. The van der Waals surface area contributed by atoms with Crippen molar-refractivity contribution in [1.82, 2.24) is 4.90 Å². The van der Waals surface area contributed by atoms with E-state index < -0.39 is 0 Å². The molecule has 1 unspecified atom stereocenters. The van der Waals surface area contributed by atoms with Crippen molar-refractivity contribution < 1.29 is 0 Å². The molecule has 0 aliphatic rings. The van der Waals surface area contributed by atoms with Crippen LogP contribution in [-0.2, 0) is 0 Å². The Morgan fingerprint density at radius 3 is 2.25 bits per heavy atom. The SMILES string of the molecule is CCC(C)N(C)C[SiH3]. The second-order valence-corrected chi connectivity index (χ2v) is 2.96. The van der Waals surface area contributed by atoms with Gasteiger partial charge in [0.2, 0.25) is 0 Å². The van der Waals surface area contributed by atoms with Gasteiger partial charge in [-0.05, 0) is 26.6 Å². The zero-order chi connectivity index (χ0) is 6.57. The van der Waals surface area contributed by atoms with Gasteiger partial charge in [0, 0.05) is 16.3 Å². The summed E-state index contributed by atoms with van der Waals surface area (Å²) in [5.74, 6) is 0. The van der Waals surface area contributed by atoms with E-state index in [0.717, 1.165) is 6.04 Å². The standard InChI is InChI=1S/C6H17NSi/c1-4-6(2)7(3)5-8/h6H,4-5H2,1-3,8H3. The second-order valence-electron chi connectivity index (χ2n) is 2.33. The lowest BCUT2D eigenvalue weighted by Gasteiger charge is -2.20. The van der Waals surface area contributed by atoms with E-state index >= 15 is 0 Å². The Labute approximate surface area is 55.5 Å². The number of hydrogen-bond acceptors (Lipinski definition) is 1. The molecule has 0 amide bonds. The highest BCUT2D eigenvalue weighted by molar-refractivity contribution is 6.08. The van der Waals surface area contributed by atoms with Crippen molar-refractivity contribution in [2.45, 2.75) is 26.3 Å². The Bertz CT molecular complexity index is 48.5. The molecule has 0 spiro atoms. The predicted molar refractivity (Wildman–Crippen MR) is 42.3 cm³/mol. The first kappa shape index (κ1) is 8.18. The first-order valence-electron chi connectivity index (χ1n) is 3.42. The molecule has 0 bridgehead atoms. The topological polar surface area (TPSA) is 3.24 Å². The van der Waals surface area contributed by atoms with Gasteiger partial charge in [-0.1, -0.05) is 6.92 Å². The summed E-state index contributed by atoms with van der Waals surface area (Å²) in [6.07, 6.45) is 2.58. The molecule has 0 radical (unpaired) electrons. The van der Waals surface area contributed by atoms with Crippen LogP contribution in [0.2, 0.25) is 0 Å². The molecule has 50 valence electrons. The molecule has 0 aromatic carbocycles. The lowest BCUT2D eigenvalue weighted by molar-refractivity contribution is 0.291. The fourth-order valence-electron chi connectivity index (χ4n) is 0.623. The van der Waals surface area contributed by atoms with Gasteiger partial charge in [-0.2, -0.15) is 0 Å². The van der Waals surface area contributed by atoms with Crippen molar-refractivity contribution in [2.75, 3.05) is 13.2 Å². The van der Waals surface area contributed by atoms with Crippen LogP contribution in [-0.4, -0.2) is 34.4 Å². The van der Waals surface area contributed by atoms with E-state index in [9.17, 15) is 0 Å². The summed E-state index contributed by atoms with van der Waals surface area (Å²) >= 11 is 0. The van der Waals surface area contributed by atoms with Crippen LogP contribution in [0.25, 0.3) is 0 Å². The van der Waals surface area contributed by atoms with Crippen LogP contribution in [0.4, 0.5) is 0 Å². The number of hydrogen-bond donors (Lipinski definition) is 0. The Morgan fingerprint density at radius 2 is 2.12 bits per heavy atom. The smallest absolute Gasteiger partial charge is 0.0205 e. The van der Waals surface area contributed by atoms with Gasteiger partial charge in [0.05, 0.1) is 0 Å². The normalized spacial score (nSPS) is 15.0. The first-order chi connectivity index (χ1) is 3.72. The molecule has 0 saturated carbocycles. The zero-order valence-corrected chi connectivity index (χ0v) is 8.44. The highest BCUT2D eigenvalue weighted by atomic mass is 28.1. The van der Waals surface area contributed by atoms with Gasteiger partial charge in [0.15, 0.2) is 0 Å². The maximum atomic E-state index is 2.41. The van der Waals surface area contributed by atoms with Crippen molar-refractivity contribution in [3.05, 3.63) is 0 Å². The van der Waals surface area contributed by atoms with Gasteiger partial charge in [-0.25, -0.2) is 0 Å². The third kappa shape index (κ3) is 2.48. The monoisotopic (exact) mass is 131 g/mol. The molecule has 1 nitrogen and oxygen atoms in total. The van der Waals surface area contributed by atoms with E-state index in [1.807, 2.05) is 0 Å². The Kier molecular flexibility index (Phi) is 4.19. The third-order valence-corrected chi connectivity index (χ3v) is 2.84. The van der Waals surface area contributed by atoms with Crippen LogP contribution < -0.4 is 0 Å². The summed E-state index contributed by atoms with van der Waals surface area (Å²) in [5.41, 5.74) is 0. The van der Waals surface area contributed by atoms with Crippen molar-refractivity contribution in [3.63, 3.8) is 0 Å². The minimum Gasteiger partial charge on any atom is -0.307 e. The summed E-state index contributed by atoms with van der Waals surface area (Å²) in [5, 5.41) is 0. The molecule has 1 atom stereocenters. The lowest BCUT2D eigenvalue weighted by atomic mass is 10.2. The summed E-state index contributed by atoms with van der Waals surface area (Å²) in [6, 6.07) is 0.785. The average molecular weight is 131 g/mol. The Balaban J connectivity index is 3.29. The van der Waals surface area contributed by atoms with Gasteiger partial charge in [-0.3, -0.25) is 0 Å². The predicted octanol–water partition coefficient (Wildman–Crippen LogP) is 0.0396. The van der Waals surface area contributed by atoms with Crippen LogP contribution >= 0.6 is 0 Å². The maximum absolute atomic E-state index is 2.41. The van der Waals surface area contributed by atoms with Crippen molar-refractivity contribution >= 4 is 10.2 Å². The molecule has 0 aromatic rings. The quantitative estimate of drug-likeness (QED) is 0.489. The molecule has 0 saturated heterocycles. The molecule has 2 heteroatoms. The Morgan fingerprint density at radius 1 is 1.62 bits per heavy atom. The van der Waals surface area contributed by atoms with E-state index in [0.29, 0.717) is 0 Å². The summed E-state index contributed by atoms with van der Waals surface area (Å²) in [7, 11) is 3.50. The van der Waals surface area contributed by atoms with Crippen molar-refractivity contribution in [2.24, 2.45) is 0 Å². The summed E-state index contributed by atoms with van der Waals surface area (Å²) in [6.45, 7) is 4.51. The van der Waals surface area contributed by atoms with Crippen molar-refractivity contribution in [3.8, 4) is 0 Å². The summed E-state index contributed by atoms with van der Waals surface area (Å²) < 4.78 is 0. The minimum absolute atomic E-state index is 0.785. The van der Waals surface area contributed by atoms with Crippen LogP contribution in [0, 0.1) is 0 Å². The third-order valence-electron chi connectivity index (χ3n) is 1.84. The highest BCUT2D eigenvalue weighted by Crippen LogP contribution is 1.96. The van der Waals surface area contributed by atoms with Crippen LogP contribution in [0.1, 0.15) is 20.3 Å². The lowest BCUT2D eigenvalue weighted by Crippen LogP contribution is -2.29. The van der Waals surface area contributed by atoms with E-state index in [4.69, 9.17) is 0 Å². The molecule has 0 heterocycles. The zero-order valence-electron chi connectivity index (χ0n) is 6.44. The molecular formula is C6H17NSi. The summed E-state index contributed by atoms with van der Waals surface area (Å²) in [4.78, 5) is 2.41. The first-order valence-corrected chi connectivity index (χ1v) is 4.84. The average Bonchev–Trinajstić information content (AvgIpc) is 1.84. The van der Waals surface area contributed by atoms with E-state index in [-0.39, 0.29) is 0 Å². The fourth-order valence-corrected chi connectivity index (χ4v) is 1.25. The largest absolute Gasteiger partial charge is 0.307 e. The number of nitrogens with zero attached hydrogens (tertiary/aromatic N) is 1. The van der Waals surface area contributed by atoms with Gasteiger partial charge in [0.1, 0.15) is 0 Å². The van der Waals surface area contributed by atoms with Crippen LogP contribution in [0.3, 0.4) is 0 Å². The van der Waals surface area contributed by atoms with E-state index in [2.05, 4.69) is 25.8 Å². The van der Waals surface area contributed by atoms with E-state index in [1.54, 1.807) is 0 Å². The van der Waals surface area contributed by atoms with Crippen LogP contribution in [0.15, 0.2) is 0 Å². The molecule has 0 N–H and O–H groups in total. The van der Waals surface area contributed by atoms with Crippen LogP contribution in [0.5, 0.6) is 0 Å². The van der Waals surface area contributed by atoms with Gasteiger partial charge in [-0.15, -0.1) is 0 Å². The van der Waals surface area contributed by atoms with Crippen molar-refractivity contribution in [1.29, 1.82) is 0 Å². The van der Waals surface area contributed by atoms with Gasteiger partial charge >= 0.3 is 0 Å². The van der Waals surface area contributed by atoms with Gasteiger partial charge in [0.25, 0.3) is 0 Å². The number of rotatable bonds is 3. The molecule has 8 heavy (non-hydrogen) atoms. The molecule has 0 aliphatic carbocycles. The Hall–Kier alpha value is 0.177. The molecule has 0 aromatic heterocycles. The highest BCUT2D eigenvalue weighted by Gasteiger charge is 2.01. The maximum Gasteiger partial charge on any atom is 0.0205 e. The molecule has 0 rings (SSSR count). The van der Waals surface area contributed by atoms with E-state index in [1.165, 1.54) is 22.8 Å².